The molecule has 0 spiro atoms. The van der Waals surface area contributed by atoms with Crippen LogP contribution in [0.3, 0.4) is 0 Å². The minimum atomic E-state index is -0.305. The molecule has 1 aromatic rings. The highest BCUT2D eigenvalue weighted by Crippen LogP contribution is 2.27. The third-order valence-electron chi connectivity index (χ3n) is 3.61. The summed E-state index contributed by atoms with van der Waals surface area (Å²) in [5.74, 6) is 0.495. The lowest BCUT2D eigenvalue weighted by Gasteiger charge is -2.36. The van der Waals surface area contributed by atoms with Gasteiger partial charge in [0.15, 0.2) is 0 Å². The number of thiocarbonyl (C=S) groups is 1. The van der Waals surface area contributed by atoms with E-state index in [-0.39, 0.29) is 12.0 Å². The Kier molecular flexibility index (Phi) is 5.12. The molecule has 1 aliphatic rings. The quantitative estimate of drug-likeness (QED) is 0.677. The molecule has 6 heteroatoms. The van der Waals surface area contributed by atoms with Gasteiger partial charge in [0.2, 0.25) is 0 Å². The fraction of sp³-hybridized carbons (Fsp3) is 0.533. The van der Waals surface area contributed by atoms with Crippen molar-refractivity contribution in [3.8, 4) is 0 Å². The van der Waals surface area contributed by atoms with Crippen molar-refractivity contribution in [3.63, 3.8) is 0 Å². The maximum Gasteiger partial charge on any atom is 0.328 e. The number of hydrogen-bond donors (Lipinski definition) is 1. The minimum absolute atomic E-state index is 0.200. The van der Waals surface area contributed by atoms with Crippen molar-refractivity contribution < 1.29 is 9.53 Å². The zero-order chi connectivity index (χ0) is 15.4. The Bertz CT molecular complexity index is 548. The fourth-order valence-electron chi connectivity index (χ4n) is 2.62. The number of carbonyl (C=O) groups is 1. The van der Waals surface area contributed by atoms with Gasteiger partial charge in [0.25, 0.3) is 0 Å². The van der Waals surface area contributed by atoms with Gasteiger partial charge in [-0.1, -0.05) is 12.2 Å². The molecule has 1 saturated heterocycles. The van der Waals surface area contributed by atoms with E-state index in [1.165, 1.54) is 0 Å². The van der Waals surface area contributed by atoms with Gasteiger partial charge in [0, 0.05) is 12.2 Å². The Morgan fingerprint density at radius 1 is 1.52 bits per heavy atom. The molecule has 21 heavy (non-hydrogen) atoms. The predicted octanol–water partition coefficient (Wildman–Crippen LogP) is 1.95. The number of nitrogens with zero attached hydrogens (tertiary/aromatic N) is 2. The van der Waals surface area contributed by atoms with Crippen LogP contribution in [0.2, 0.25) is 0 Å². The molecule has 2 N–H and O–H groups in total. The van der Waals surface area contributed by atoms with E-state index in [0.717, 1.165) is 31.5 Å². The summed E-state index contributed by atoms with van der Waals surface area (Å²) in [5.41, 5.74) is 7.39. The van der Waals surface area contributed by atoms with Crippen LogP contribution in [0.15, 0.2) is 12.1 Å². The molecule has 5 nitrogen and oxygen atoms in total. The summed E-state index contributed by atoms with van der Waals surface area (Å²) in [6, 6.07) is 3.44. The Morgan fingerprint density at radius 2 is 2.29 bits per heavy atom. The summed E-state index contributed by atoms with van der Waals surface area (Å²) in [4.78, 5) is 19.0. The van der Waals surface area contributed by atoms with E-state index in [9.17, 15) is 4.79 Å². The standard InChI is InChI=1S/C15H21N3O2S/c1-3-20-15(19)12-6-4-5-9-18(12)14-11(13(16)21)8-7-10(2)17-14/h7-8,12H,3-6,9H2,1-2H3,(H2,16,21). The number of rotatable bonds is 4. The third-order valence-corrected chi connectivity index (χ3v) is 3.83. The van der Waals surface area contributed by atoms with E-state index >= 15 is 0 Å². The lowest BCUT2D eigenvalue weighted by molar-refractivity contribution is -0.145. The van der Waals surface area contributed by atoms with Gasteiger partial charge < -0.3 is 15.4 Å². The monoisotopic (exact) mass is 307 g/mol. The second kappa shape index (κ2) is 6.85. The van der Waals surface area contributed by atoms with Crippen LogP contribution < -0.4 is 10.6 Å². The smallest absolute Gasteiger partial charge is 0.328 e. The van der Waals surface area contributed by atoms with Crippen LogP contribution in [0.5, 0.6) is 0 Å². The zero-order valence-electron chi connectivity index (χ0n) is 12.5. The maximum atomic E-state index is 12.2. The Balaban J connectivity index is 2.39. The largest absolute Gasteiger partial charge is 0.464 e. The van der Waals surface area contributed by atoms with Gasteiger partial charge in [-0.25, -0.2) is 9.78 Å². The van der Waals surface area contributed by atoms with Crippen molar-refractivity contribution >= 4 is 29.0 Å². The summed E-state index contributed by atoms with van der Waals surface area (Å²) in [6.07, 6.45) is 2.79. The number of piperidine rings is 1. The highest BCUT2D eigenvalue weighted by Gasteiger charge is 2.32. The third kappa shape index (κ3) is 3.50. The molecule has 1 unspecified atom stereocenters. The van der Waals surface area contributed by atoms with Gasteiger partial charge in [0.05, 0.1) is 12.2 Å². The molecular weight excluding hydrogens is 286 g/mol. The number of nitrogens with two attached hydrogens (primary N) is 1. The summed E-state index contributed by atoms with van der Waals surface area (Å²) < 4.78 is 5.19. The molecule has 1 fully saturated rings. The summed E-state index contributed by atoms with van der Waals surface area (Å²) in [6.45, 7) is 4.87. The van der Waals surface area contributed by atoms with E-state index in [2.05, 4.69) is 4.98 Å². The highest BCUT2D eigenvalue weighted by molar-refractivity contribution is 7.80. The zero-order valence-corrected chi connectivity index (χ0v) is 13.3. The Labute approximate surface area is 130 Å². The molecule has 0 aliphatic carbocycles. The summed E-state index contributed by atoms with van der Waals surface area (Å²) in [7, 11) is 0. The van der Waals surface area contributed by atoms with Crippen LogP contribution in [0, 0.1) is 6.92 Å². The average Bonchev–Trinajstić information content (AvgIpc) is 2.47. The number of esters is 1. The van der Waals surface area contributed by atoms with Crippen molar-refractivity contribution in [3.05, 3.63) is 23.4 Å². The van der Waals surface area contributed by atoms with Gasteiger partial charge in [-0.05, 0) is 45.2 Å². The van der Waals surface area contributed by atoms with Crippen molar-refractivity contribution in [2.45, 2.75) is 39.2 Å². The van der Waals surface area contributed by atoms with Crippen LogP contribution in [0.4, 0.5) is 5.82 Å². The average molecular weight is 307 g/mol. The van der Waals surface area contributed by atoms with E-state index < -0.39 is 0 Å². The first-order valence-corrected chi connectivity index (χ1v) is 7.66. The van der Waals surface area contributed by atoms with Gasteiger partial charge in [-0.15, -0.1) is 0 Å². The van der Waals surface area contributed by atoms with Gasteiger partial charge in [-0.3, -0.25) is 0 Å². The van der Waals surface area contributed by atoms with E-state index in [1.807, 2.05) is 30.9 Å². The molecule has 0 radical (unpaired) electrons. The Morgan fingerprint density at radius 3 is 2.95 bits per heavy atom. The van der Waals surface area contributed by atoms with Crippen LogP contribution >= 0.6 is 12.2 Å². The number of pyridine rings is 1. The van der Waals surface area contributed by atoms with Gasteiger partial charge in [0.1, 0.15) is 16.8 Å². The molecule has 2 heterocycles. The molecule has 114 valence electrons. The molecule has 1 aromatic heterocycles. The molecule has 0 bridgehead atoms. The first-order valence-electron chi connectivity index (χ1n) is 7.25. The number of anilines is 1. The SMILES string of the molecule is CCOC(=O)C1CCCCN1c1nc(C)ccc1C(N)=S. The minimum Gasteiger partial charge on any atom is -0.464 e. The molecule has 2 rings (SSSR count). The maximum absolute atomic E-state index is 12.2. The predicted molar refractivity (Wildman–Crippen MR) is 86.5 cm³/mol. The summed E-state index contributed by atoms with van der Waals surface area (Å²) in [5, 5.41) is 0. The number of hydrogen-bond acceptors (Lipinski definition) is 5. The topological polar surface area (TPSA) is 68.5 Å². The van der Waals surface area contributed by atoms with E-state index in [0.29, 0.717) is 23.0 Å². The lowest BCUT2D eigenvalue weighted by atomic mass is 10.0. The first kappa shape index (κ1) is 15.7. The van der Waals surface area contributed by atoms with Crippen molar-refractivity contribution in [1.82, 2.24) is 4.98 Å². The summed E-state index contributed by atoms with van der Waals surface area (Å²) >= 11 is 5.11. The number of ether oxygens (including phenoxy) is 1. The van der Waals surface area contributed by atoms with E-state index in [1.54, 1.807) is 0 Å². The fourth-order valence-corrected chi connectivity index (χ4v) is 2.78. The van der Waals surface area contributed by atoms with Gasteiger partial charge >= 0.3 is 5.97 Å². The normalized spacial score (nSPS) is 18.4. The number of aryl methyl sites for hydroxylation is 1. The molecule has 0 saturated carbocycles. The molecule has 0 amide bonds. The van der Waals surface area contributed by atoms with Crippen LogP contribution in [0.25, 0.3) is 0 Å². The molecule has 0 aromatic carbocycles. The number of carbonyl (C=O) groups excluding carboxylic acids is 1. The second-order valence-electron chi connectivity index (χ2n) is 5.15. The van der Waals surface area contributed by atoms with Crippen molar-refractivity contribution in [1.29, 1.82) is 0 Å². The molecule has 1 aliphatic heterocycles. The van der Waals surface area contributed by atoms with Gasteiger partial charge in [-0.2, -0.15) is 0 Å². The second-order valence-corrected chi connectivity index (χ2v) is 5.58. The lowest BCUT2D eigenvalue weighted by Crippen LogP contribution is -2.47. The van der Waals surface area contributed by atoms with Crippen LogP contribution in [-0.4, -0.2) is 35.1 Å². The van der Waals surface area contributed by atoms with Crippen LogP contribution in [-0.2, 0) is 9.53 Å². The van der Waals surface area contributed by atoms with E-state index in [4.69, 9.17) is 22.7 Å². The van der Waals surface area contributed by atoms with Crippen molar-refractivity contribution in [2.24, 2.45) is 5.73 Å². The number of aromatic nitrogens is 1. The highest BCUT2D eigenvalue weighted by atomic mass is 32.1. The van der Waals surface area contributed by atoms with Crippen LogP contribution in [0.1, 0.15) is 37.4 Å². The molecule has 1 atom stereocenters. The molecular formula is C15H21N3O2S. The van der Waals surface area contributed by atoms with Crippen molar-refractivity contribution in [2.75, 3.05) is 18.1 Å². The Hall–Kier alpha value is -1.69. The first-order chi connectivity index (χ1) is 10.0.